The zero-order chi connectivity index (χ0) is 14.7. The van der Waals surface area contributed by atoms with Crippen LogP contribution < -0.4 is 0 Å². The molecule has 0 aromatic carbocycles. The lowest BCUT2D eigenvalue weighted by atomic mass is 10.1. The van der Waals surface area contributed by atoms with Gasteiger partial charge in [-0.15, -0.1) is 5.10 Å². The fourth-order valence-electron chi connectivity index (χ4n) is 2.58. The maximum atomic E-state index is 5.95. The molecular formula is C15H21N3O2S. The van der Waals surface area contributed by atoms with Crippen molar-refractivity contribution in [1.29, 1.82) is 0 Å². The second kappa shape index (κ2) is 6.68. The number of furan rings is 1. The second-order valence-electron chi connectivity index (χ2n) is 5.61. The van der Waals surface area contributed by atoms with E-state index in [0.29, 0.717) is 0 Å². The molecule has 3 heterocycles. The minimum Gasteiger partial charge on any atom is -0.462 e. The van der Waals surface area contributed by atoms with Gasteiger partial charge in [-0.25, -0.2) is 0 Å². The molecule has 0 spiro atoms. The number of hydrogen-bond acceptors (Lipinski definition) is 6. The molecule has 0 radical (unpaired) electrons. The van der Waals surface area contributed by atoms with Gasteiger partial charge in [0.2, 0.25) is 0 Å². The van der Waals surface area contributed by atoms with E-state index >= 15 is 0 Å². The Hall–Kier alpha value is -1.24. The minimum absolute atomic E-state index is 0.144. The van der Waals surface area contributed by atoms with Crippen molar-refractivity contribution in [2.75, 3.05) is 13.7 Å². The van der Waals surface area contributed by atoms with Crippen LogP contribution in [-0.2, 0) is 17.8 Å². The van der Waals surface area contributed by atoms with Crippen molar-refractivity contribution in [3.8, 4) is 0 Å². The minimum atomic E-state index is 0.144. The SMILES string of the molecule is Cc1nnsc1CN(C)Cc1ccc(C2CCCCO2)o1. The lowest BCUT2D eigenvalue weighted by Gasteiger charge is -2.20. The van der Waals surface area contributed by atoms with E-state index in [0.717, 1.165) is 49.8 Å². The first-order chi connectivity index (χ1) is 10.2. The Labute approximate surface area is 129 Å². The maximum Gasteiger partial charge on any atom is 0.133 e. The molecule has 21 heavy (non-hydrogen) atoms. The van der Waals surface area contributed by atoms with Gasteiger partial charge < -0.3 is 9.15 Å². The Morgan fingerprint density at radius 3 is 2.95 bits per heavy atom. The molecule has 0 saturated carbocycles. The number of rotatable bonds is 5. The van der Waals surface area contributed by atoms with E-state index in [1.807, 2.05) is 6.92 Å². The predicted molar refractivity (Wildman–Crippen MR) is 81.1 cm³/mol. The van der Waals surface area contributed by atoms with Gasteiger partial charge in [0.05, 0.1) is 17.1 Å². The molecule has 1 saturated heterocycles. The molecule has 2 aromatic heterocycles. The topological polar surface area (TPSA) is 51.4 Å². The number of aryl methyl sites for hydroxylation is 1. The smallest absolute Gasteiger partial charge is 0.133 e. The summed E-state index contributed by atoms with van der Waals surface area (Å²) in [6.07, 6.45) is 3.59. The zero-order valence-corrected chi connectivity index (χ0v) is 13.4. The summed E-state index contributed by atoms with van der Waals surface area (Å²) < 4.78 is 15.7. The molecule has 1 fully saturated rings. The van der Waals surface area contributed by atoms with Crippen LogP contribution >= 0.6 is 11.5 Å². The van der Waals surface area contributed by atoms with Crippen LogP contribution in [-0.4, -0.2) is 28.1 Å². The Kier molecular flexibility index (Phi) is 4.67. The first kappa shape index (κ1) is 14.7. The van der Waals surface area contributed by atoms with E-state index in [2.05, 4.69) is 33.7 Å². The number of aromatic nitrogens is 2. The van der Waals surface area contributed by atoms with E-state index in [9.17, 15) is 0 Å². The highest BCUT2D eigenvalue weighted by Gasteiger charge is 2.19. The molecule has 0 N–H and O–H groups in total. The van der Waals surface area contributed by atoms with E-state index in [-0.39, 0.29) is 6.10 Å². The predicted octanol–water partition coefficient (Wildman–Crippen LogP) is 3.31. The zero-order valence-electron chi connectivity index (χ0n) is 12.5. The molecule has 0 bridgehead atoms. The molecule has 114 valence electrons. The van der Waals surface area contributed by atoms with Crippen LogP contribution in [0.1, 0.15) is 47.5 Å². The molecule has 2 aromatic rings. The van der Waals surface area contributed by atoms with Crippen LogP contribution in [0, 0.1) is 6.92 Å². The standard InChI is InChI=1S/C15H21N3O2S/c1-11-15(21-17-16-11)10-18(2)9-12-6-7-14(20-12)13-5-3-4-8-19-13/h6-7,13H,3-5,8-10H2,1-2H3. The van der Waals surface area contributed by atoms with Gasteiger partial charge in [-0.3, -0.25) is 4.90 Å². The van der Waals surface area contributed by atoms with Crippen molar-refractivity contribution in [2.24, 2.45) is 0 Å². The van der Waals surface area contributed by atoms with Gasteiger partial charge in [-0.05, 0) is 56.9 Å². The van der Waals surface area contributed by atoms with Crippen LogP contribution in [0.4, 0.5) is 0 Å². The summed E-state index contributed by atoms with van der Waals surface area (Å²) in [5, 5.41) is 4.04. The summed E-state index contributed by atoms with van der Waals surface area (Å²) in [5.41, 5.74) is 1.02. The second-order valence-corrected chi connectivity index (χ2v) is 6.45. The number of hydrogen-bond donors (Lipinski definition) is 0. The quantitative estimate of drug-likeness (QED) is 0.848. The Morgan fingerprint density at radius 2 is 2.24 bits per heavy atom. The molecule has 3 rings (SSSR count). The fourth-order valence-corrected chi connectivity index (χ4v) is 3.29. The Bertz CT molecular complexity index is 575. The molecule has 1 unspecified atom stereocenters. The number of ether oxygens (including phenoxy) is 1. The van der Waals surface area contributed by atoms with E-state index in [1.165, 1.54) is 22.8 Å². The first-order valence-electron chi connectivity index (χ1n) is 7.39. The van der Waals surface area contributed by atoms with Crippen molar-refractivity contribution in [1.82, 2.24) is 14.5 Å². The molecule has 1 aliphatic heterocycles. The molecular weight excluding hydrogens is 286 g/mol. The summed E-state index contributed by atoms with van der Waals surface area (Å²) in [5.74, 6) is 1.95. The van der Waals surface area contributed by atoms with Crippen LogP contribution in [0.5, 0.6) is 0 Å². The summed E-state index contributed by atoms with van der Waals surface area (Å²) in [7, 11) is 2.08. The molecule has 0 aliphatic carbocycles. The van der Waals surface area contributed by atoms with Gasteiger partial charge in [-0.2, -0.15) is 0 Å². The van der Waals surface area contributed by atoms with Crippen LogP contribution in [0.2, 0.25) is 0 Å². The molecule has 6 heteroatoms. The van der Waals surface area contributed by atoms with Crippen molar-refractivity contribution in [3.05, 3.63) is 34.2 Å². The van der Waals surface area contributed by atoms with E-state index < -0.39 is 0 Å². The van der Waals surface area contributed by atoms with Crippen molar-refractivity contribution >= 4 is 11.5 Å². The summed E-state index contributed by atoms with van der Waals surface area (Å²) in [4.78, 5) is 3.42. The maximum absolute atomic E-state index is 5.95. The van der Waals surface area contributed by atoms with E-state index in [1.54, 1.807) is 0 Å². The normalized spacial score (nSPS) is 19.3. The van der Waals surface area contributed by atoms with Gasteiger partial charge in [0.25, 0.3) is 0 Å². The van der Waals surface area contributed by atoms with Gasteiger partial charge >= 0.3 is 0 Å². The first-order valence-corrected chi connectivity index (χ1v) is 8.16. The Morgan fingerprint density at radius 1 is 1.33 bits per heavy atom. The van der Waals surface area contributed by atoms with Crippen molar-refractivity contribution in [2.45, 2.75) is 45.4 Å². The summed E-state index contributed by atoms with van der Waals surface area (Å²) in [6.45, 7) is 4.47. The van der Waals surface area contributed by atoms with Crippen molar-refractivity contribution < 1.29 is 9.15 Å². The molecule has 1 atom stereocenters. The van der Waals surface area contributed by atoms with E-state index in [4.69, 9.17) is 9.15 Å². The Balaban J connectivity index is 1.57. The third-order valence-electron chi connectivity index (χ3n) is 3.76. The fraction of sp³-hybridized carbons (Fsp3) is 0.600. The highest BCUT2D eigenvalue weighted by Crippen LogP contribution is 2.29. The third-order valence-corrected chi connectivity index (χ3v) is 4.57. The lowest BCUT2D eigenvalue weighted by molar-refractivity contribution is 0.000909. The van der Waals surface area contributed by atoms with Crippen LogP contribution in [0.3, 0.4) is 0 Å². The third kappa shape index (κ3) is 3.70. The van der Waals surface area contributed by atoms with Gasteiger partial charge in [0.15, 0.2) is 0 Å². The highest BCUT2D eigenvalue weighted by molar-refractivity contribution is 7.05. The molecule has 5 nitrogen and oxygen atoms in total. The lowest BCUT2D eigenvalue weighted by Crippen LogP contribution is -2.16. The van der Waals surface area contributed by atoms with Crippen LogP contribution in [0.25, 0.3) is 0 Å². The number of nitrogens with zero attached hydrogens (tertiary/aromatic N) is 3. The molecule has 1 aliphatic rings. The highest BCUT2D eigenvalue weighted by atomic mass is 32.1. The van der Waals surface area contributed by atoms with Gasteiger partial charge in [-0.1, -0.05) is 4.49 Å². The monoisotopic (exact) mass is 307 g/mol. The van der Waals surface area contributed by atoms with Crippen molar-refractivity contribution in [3.63, 3.8) is 0 Å². The average Bonchev–Trinajstić information content (AvgIpc) is 3.10. The summed E-state index contributed by atoms with van der Waals surface area (Å²) in [6, 6.07) is 4.11. The largest absolute Gasteiger partial charge is 0.462 e. The molecule has 0 amide bonds. The average molecular weight is 307 g/mol. The van der Waals surface area contributed by atoms with Gasteiger partial charge in [0.1, 0.15) is 17.6 Å². The summed E-state index contributed by atoms with van der Waals surface area (Å²) >= 11 is 1.46. The van der Waals surface area contributed by atoms with Gasteiger partial charge in [0, 0.05) is 13.2 Å². The van der Waals surface area contributed by atoms with Crippen LogP contribution in [0.15, 0.2) is 16.5 Å².